The van der Waals surface area contributed by atoms with Gasteiger partial charge in [0.15, 0.2) is 0 Å². The third-order valence-electron chi connectivity index (χ3n) is 1.94. The highest BCUT2D eigenvalue weighted by Crippen LogP contribution is 2.21. The molecule has 1 aromatic rings. The molecule has 1 aromatic carbocycles. The molecule has 3 N–H and O–H groups in total. The molecule has 0 aliphatic heterocycles. The molecule has 3 heteroatoms. The molecule has 1 atom stereocenters. The molecule has 0 saturated heterocycles. The van der Waals surface area contributed by atoms with Gasteiger partial charge in [0.05, 0.1) is 11.4 Å². The maximum absolute atomic E-state index is 5.87. The van der Waals surface area contributed by atoms with Crippen molar-refractivity contribution in [3.63, 3.8) is 0 Å². The molecular weight excluding hydrogens is 287 g/mol. The first-order valence-electron chi connectivity index (χ1n) is 4.56. The second-order valence-corrected chi connectivity index (χ2v) is 4.55. The second kappa shape index (κ2) is 5.24. The summed E-state index contributed by atoms with van der Waals surface area (Å²) in [5.41, 5.74) is 7.67. The Morgan fingerprint density at radius 1 is 1.64 bits per heavy atom. The molecule has 0 aliphatic carbocycles. The van der Waals surface area contributed by atoms with Crippen LogP contribution in [0.3, 0.4) is 0 Å². The first kappa shape index (κ1) is 11.4. The number of nitrogen functional groups attached to an aromatic ring is 1. The summed E-state index contributed by atoms with van der Waals surface area (Å²) >= 11 is 2.25. The summed E-state index contributed by atoms with van der Waals surface area (Å²) in [5.74, 6) is 0. The Bertz CT molecular complexity index is 323. The molecule has 14 heavy (non-hydrogen) atoms. The van der Waals surface area contributed by atoms with Crippen molar-refractivity contribution < 1.29 is 0 Å². The number of nitrogens with one attached hydrogen (secondary N) is 1. The maximum atomic E-state index is 5.87. The topological polar surface area (TPSA) is 38.0 Å². The SMILES string of the molecule is C=CCC(C)Nc1ccc(I)cc1N. The predicted molar refractivity (Wildman–Crippen MR) is 71.5 cm³/mol. The number of hydrogen-bond acceptors (Lipinski definition) is 2. The van der Waals surface area contributed by atoms with Gasteiger partial charge in [-0.05, 0) is 54.1 Å². The zero-order chi connectivity index (χ0) is 10.6. The van der Waals surface area contributed by atoms with Crippen LogP contribution in [0.5, 0.6) is 0 Å². The van der Waals surface area contributed by atoms with Crippen LogP contribution in [0.1, 0.15) is 13.3 Å². The van der Waals surface area contributed by atoms with Crippen molar-refractivity contribution in [2.75, 3.05) is 11.1 Å². The highest BCUT2D eigenvalue weighted by molar-refractivity contribution is 14.1. The van der Waals surface area contributed by atoms with E-state index in [-0.39, 0.29) is 0 Å². The molecule has 2 nitrogen and oxygen atoms in total. The molecular formula is C11H15IN2. The van der Waals surface area contributed by atoms with Crippen LogP contribution in [-0.4, -0.2) is 6.04 Å². The summed E-state index contributed by atoms with van der Waals surface area (Å²) < 4.78 is 1.15. The molecule has 0 bridgehead atoms. The lowest BCUT2D eigenvalue weighted by Gasteiger charge is -2.15. The monoisotopic (exact) mass is 302 g/mol. The molecule has 0 aromatic heterocycles. The smallest absolute Gasteiger partial charge is 0.0576 e. The number of nitrogens with two attached hydrogens (primary N) is 1. The summed E-state index contributed by atoms with van der Waals surface area (Å²) in [6, 6.07) is 6.38. The Balaban J connectivity index is 2.71. The first-order valence-corrected chi connectivity index (χ1v) is 5.64. The van der Waals surface area contributed by atoms with Crippen molar-refractivity contribution in [2.45, 2.75) is 19.4 Å². The Labute approximate surface area is 98.7 Å². The van der Waals surface area contributed by atoms with Gasteiger partial charge in [-0.2, -0.15) is 0 Å². The van der Waals surface area contributed by atoms with E-state index >= 15 is 0 Å². The normalized spacial score (nSPS) is 12.1. The third-order valence-corrected chi connectivity index (χ3v) is 2.61. The number of hydrogen-bond donors (Lipinski definition) is 2. The average molecular weight is 302 g/mol. The molecule has 0 radical (unpaired) electrons. The molecule has 76 valence electrons. The van der Waals surface area contributed by atoms with E-state index in [1.807, 2.05) is 24.3 Å². The molecule has 1 unspecified atom stereocenters. The Kier molecular flexibility index (Phi) is 4.25. The van der Waals surface area contributed by atoms with Crippen LogP contribution >= 0.6 is 22.6 Å². The van der Waals surface area contributed by atoms with E-state index < -0.39 is 0 Å². The lowest BCUT2D eigenvalue weighted by molar-refractivity contribution is 0.814. The van der Waals surface area contributed by atoms with Crippen molar-refractivity contribution in [1.29, 1.82) is 0 Å². The van der Waals surface area contributed by atoms with Crippen molar-refractivity contribution in [2.24, 2.45) is 0 Å². The van der Waals surface area contributed by atoms with E-state index in [4.69, 9.17) is 5.73 Å². The highest BCUT2D eigenvalue weighted by Gasteiger charge is 2.02. The van der Waals surface area contributed by atoms with Gasteiger partial charge < -0.3 is 11.1 Å². The standard InChI is InChI=1S/C11H15IN2/c1-3-4-8(2)14-11-6-5-9(12)7-10(11)13/h3,5-8,14H,1,4,13H2,2H3. The van der Waals surface area contributed by atoms with E-state index in [2.05, 4.69) is 41.4 Å². The zero-order valence-corrected chi connectivity index (χ0v) is 10.4. The molecule has 0 saturated carbocycles. The lowest BCUT2D eigenvalue weighted by Crippen LogP contribution is -2.14. The molecule has 0 fully saturated rings. The molecule has 0 amide bonds. The van der Waals surface area contributed by atoms with E-state index in [1.165, 1.54) is 0 Å². The summed E-state index contributed by atoms with van der Waals surface area (Å²) in [7, 11) is 0. The third kappa shape index (κ3) is 3.21. The van der Waals surface area contributed by atoms with Crippen molar-refractivity contribution in [3.05, 3.63) is 34.4 Å². The summed E-state index contributed by atoms with van der Waals surface area (Å²) in [6.07, 6.45) is 2.84. The Morgan fingerprint density at radius 3 is 2.93 bits per heavy atom. The quantitative estimate of drug-likeness (QED) is 0.509. The zero-order valence-electron chi connectivity index (χ0n) is 8.26. The summed E-state index contributed by atoms with van der Waals surface area (Å²) in [4.78, 5) is 0. The van der Waals surface area contributed by atoms with Gasteiger partial charge >= 0.3 is 0 Å². The predicted octanol–water partition coefficient (Wildman–Crippen LogP) is 3.25. The minimum atomic E-state index is 0.370. The molecule has 0 heterocycles. The molecule has 0 aliphatic rings. The van der Waals surface area contributed by atoms with Crippen LogP contribution in [-0.2, 0) is 0 Å². The van der Waals surface area contributed by atoms with Gasteiger partial charge in [-0.3, -0.25) is 0 Å². The van der Waals surface area contributed by atoms with Crippen LogP contribution in [0, 0.1) is 3.57 Å². The molecule has 1 rings (SSSR count). The van der Waals surface area contributed by atoms with Crippen LogP contribution in [0.15, 0.2) is 30.9 Å². The van der Waals surface area contributed by atoms with Gasteiger partial charge in [0, 0.05) is 9.61 Å². The van der Waals surface area contributed by atoms with Crippen molar-refractivity contribution >= 4 is 34.0 Å². The fourth-order valence-corrected chi connectivity index (χ4v) is 1.75. The van der Waals surface area contributed by atoms with Gasteiger partial charge in [-0.1, -0.05) is 6.08 Å². The van der Waals surface area contributed by atoms with E-state index in [0.717, 1.165) is 21.4 Å². The number of rotatable bonds is 4. The minimum absolute atomic E-state index is 0.370. The second-order valence-electron chi connectivity index (χ2n) is 3.30. The summed E-state index contributed by atoms with van der Waals surface area (Å²) in [6.45, 7) is 5.82. The molecule has 0 spiro atoms. The van der Waals surface area contributed by atoms with Crippen LogP contribution in [0.4, 0.5) is 11.4 Å². The van der Waals surface area contributed by atoms with Gasteiger partial charge in [0.1, 0.15) is 0 Å². The first-order chi connectivity index (χ1) is 6.63. The van der Waals surface area contributed by atoms with Gasteiger partial charge in [-0.15, -0.1) is 6.58 Å². The largest absolute Gasteiger partial charge is 0.397 e. The number of anilines is 2. The van der Waals surface area contributed by atoms with Crippen molar-refractivity contribution in [1.82, 2.24) is 0 Å². The van der Waals surface area contributed by atoms with E-state index in [9.17, 15) is 0 Å². The van der Waals surface area contributed by atoms with Crippen LogP contribution < -0.4 is 11.1 Å². The average Bonchev–Trinajstić information content (AvgIpc) is 2.10. The Morgan fingerprint density at radius 2 is 2.36 bits per heavy atom. The van der Waals surface area contributed by atoms with E-state index in [1.54, 1.807) is 0 Å². The van der Waals surface area contributed by atoms with Crippen LogP contribution in [0.25, 0.3) is 0 Å². The minimum Gasteiger partial charge on any atom is -0.397 e. The maximum Gasteiger partial charge on any atom is 0.0576 e. The van der Waals surface area contributed by atoms with Crippen LogP contribution in [0.2, 0.25) is 0 Å². The van der Waals surface area contributed by atoms with Gasteiger partial charge in [-0.25, -0.2) is 0 Å². The lowest BCUT2D eigenvalue weighted by atomic mass is 10.2. The summed E-state index contributed by atoms with van der Waals surface area (Å²) in [5, 5.41) is 3.34. The Hall–Kier alpha value is -0.710. The van der Waals surface area contributed by atoms with Crippen molar-refractivity contribution in [3.8, 4) is 0 Å². The van der Waals surface area contributed by atoms with Gasteiger partial charge in [0.25, 0.3) is 0 Å². The number of benzene rings is 1. The highest BCUT2D eigenvalue weighted by atomic mass is 127. The fraction of sp³-hybridized carbons (Fsp3) is 0.273. The fourth-order valence-electron chi connectivity index (χ4n) is 1.24. The number of halogens is 1. The van der Waals surface area contributed by atoms with E-state index in [0.29, 0.717) is 6.04 Å². The van der Waals surface area contributed by atoms with Gasteiger partial charge in [0.2, 0.25) is 0 Å².